The molecule has 0 radical (unpaired) electrons. The SMILES string of the molecule is CCc1ccc2nc(N(CCCn3ccnc3)C(=O)COc3ccccc3OC)sc2c1.Cl. The van der Waals surface area contributed by atoms with E-state index < -0.39 is 0 Å². The number of carbonyl (C=O) groups is 1. The summed E-state index contributed by atoms with van der Waals surface area (Å²) < 4.78 is 14.2. The summed E-state index contributed by atoms with van der Waals surface area (Å²) in [7, 11) is 1.58. The van der Waals surface area contributed by atoms with Gasteiger partial charge in [0.1, 0.15) is 0 Å². The lowest BCUT2D eigenvalue weighted by molar-refractivity contribution is -0.120. The standard InChI is InChI=1S/C24H26N4O3S.ClH/c1-3-18-9-10-19-22(15-18)32-24(26-19)28(13-6-12-27-14-11-25-17-27)23(29)16-31-21-8-5-4-7-20(21)30-2;/h4-5,7-11,14-15,17H,3,6,12-13,16H2,1-2H3;1H. The Balaban J connectivity index is 0.00000306. The number of amides is 1. The highest BCUT2D eigenvalue weighted by atomic mass is 35.5. The first-order chi connectivity index (χ1) is 15.7. The van der Waals surface area contributed by atoms with Crippen molar-refractivity contribution in [3.8, 4) is 11.5 Å². The molecule has 0 aliphatic rings. The van der Waals surface area contributed by atoms with Crippen LogP contribution in [0, 0.1) is 0 Å². The summed E-state index contributed by atoms with van der Waals surface area (Å²) >= 11 is 1.54. The van der Waals surface area contributed by atoms with Crippen molar-refractivity contribution in [3.63, 3.8) is 0 Å². The summed E-state index contributed by atoms with van der Waals surface area (Å²) in [6.45, 7) is 3.33. The predicted octanol–water partition coefficient (Wildman–Crippen LogP) is 4.99. The third-order valence-electron chi connectivity index (χ3n) is 5.16. The minimum absolute atomic E-state index is 0. The van der Waals surface area contributed by atoms with E-state index in [1.54, 1.807) is 30.6 Å². The van der Waals surface area contributed by atoms with Crippen LogP contribution in [0.2, 0.25) is 0 Å². The summed E-state index contributed by atoms with van der Waals surface area (Å²) in [5.41, 5.74) is 2.16. The molecule has 0 fully saturated rings. The molecule has 0 aliphatic carbocycles. The number of para-hydroxylation sites is 2. The Morgan fingerprint density at radius 2 is 2.00 bits per heavy atom. The Hall–Kier alpha value is -3.10. The molecule has 0 N–H and O–H groups in total. The molecule has 4 aromatic rings. The summed E-state index contributed by atoms with van der Waals surface area (Å²) in [5.74, 6) is 0.994. The van der Waals surface area contributed by atoms with Crippen molar-refractivity contribution < 1.29 is 14.3 Å². The Morgan fingerprint density at radius 3 is 2.73 bits per heavy atom. The first-order valence-corrected chi connectivity index (χ1v) is 11.4. The number of methoxy groups -OCH3 is 1. The van der Waals surface area contributed by atoms with Crippen molar-refractivity contribution in [2.75, 3.05) is 25.2 Å². The smallest absolute Gasteiger partial charge is 0.266 e. The molecule has 1 amide bonds. The zero-order valence-electron chi connectivity index (χ0n) is 18.6. The van der Waals surface area contributed by atoms with E-state index in [4.69, 9.17) is 14.5 Å². The maximum Gasteiger partial charge on any atom is 0.266 e. The first-order valence-electron chi connectivity index (χ1n) is 10.6. The van der Waals surface area contributed by atoms with Crippen LogP contribution in [0.4, 0.5) is 5.13 Å². The zero-order chi connectivity index (χ0) is 22.3. The molecule has 4 rings (SSSR count). The second-order valence-electron chi connectivity index (χ2n) is 7.29. The van der Waals surface area contributed by atoms with E-state index >= 15 is 0 Å². The van der Waals surface area contributed by atoms with Crippen molar-refractivity contribution in [3.05, 3.63) is 66.7 Å². The summed E-state index contributed by atoms with van der Waals surface area (Å²) in [4.78, 5) is 23.8. The van der Waals surface area contributed by atoms with E-state index in [1.807, 2.05) is 35.0 Å². The number of hydrogen-bond acceptors (Lipinski definition) is 6. The molecule has 174 valence electrons. The van der Waals surface area contributed by atoms with Gasteiger partial charge in [-0.15, -0.1) is 12.4 Å². The molecule has 2 aromatic carbocycles. The Kier molecular flexibility index (Phi) is 8.68. The van der Waals surface area contributed by atoms with Gasteiger partial charge >= 0.3 is 0 Å². The van der Waals surface area contributed by atoms with E-state index in [0.717, 1.165) is 29.6 Å². The number of rotatable bonds is 10. The van der Waals surface area contributed by atoms with Crippen LogP contribution in [-0.2, 0) is 17.8 Å². The van der Waals surface area contributed by atoms with Crippen LogP contribution < -0.4 is 14.4 Å². The summed E-state index contributed by atoms with van der Waals surface area (Å²) in [6.07, 6.45) is 7.18. The molecular formula is C24H27ClN4O3S. The number of aromatic nitrogens is 3. The molecule has 0 unspecified atom stereocenters. The van der Waals surface area contributed by atoms with Gasteiger partial charge in [-0.2, -0.15) is 0 Å². The molecule has 2 aromatic heterocycles. The van der Waals surface area contributed by atoms with Gasteiger partial charge in [0.15, 0.2) is 23.2 Å². The van der Waals surface area contributed by atoms with Crippen LogP contribution in [0.1, 0.15) is 18.9 Å². The fourth-order valence-electron chi connectivity index (χ4n) is 3.41. The number of carbonyl (C=O) groups excluding carboxylic acids is 1. The van der Waals surface area contributed by atoms with Crippen molar-refractivity contribution in [1.82, 2.24) is 14.5 Å². The third kappa shape index (κ3) is 6.03. The van der Waals surface area contributed by atoms with Gasteiger partial charge < -0.3 is 14.0 Å². The fraction of sp³-hybridized carbons (Fsp3) is 0.292. The van der Waals surface area contributed by atoms with Crippen LogP contribution >= 0.6 is 23.7 Å². The number of benzene rings is 2. The van der Waals surface area contributed by atoms with Gasteiger partial charge in [-0.1, -0.05) is 36.5 Å². The van der Waals surface area contributed by atoms with E-state index in [1.165, 1.54) is 16.9 Å². The molecule has 7 nitrogen and oxygen atoms in total. The predicted molar refractivity (Wildman–Crippen MR) is 134 cm³/mol. The Morgan fingerprint density at radius 1 is 1.18 bits per heavy atom. The molecule has 0 spiro atoms. The minimum Gasteiger partial charge on any atom is -0.493 e. The van der Waals surface area contributed by atoms with Crippen LogP contribution in [0.25, 0.3) is 10.2 Å². The van der Waals surface area contributed by atoms with E-state index in [2.05, 4.69) is 24.0 Å². The maximum absolute atomic E-state index is 13.2. The quantitative estimate of drug-likeness (QED) is 0.316. The molecule has 0 saturated heterocycles. The molecule has 0 saturated carbocycles. The zero-order valence-corrected chi connectivity index (χ0v) is 20.3. The van der Waals surface area contributed by atoms with E-state index in [-0.39, 0.29) is 24.9 Å². The molecule has 9 heteroatoms. The van der Waals surface area contributed by atoms with Crippen molar-refractivity contribution >= 4 is 45.0 Å². The number of ether oxygens (including phenoxy) is 2. The van der Waals surface area contributed by atoms with Crippen LogP contribution in [0.5, 0.6) is 11.5 Å². The minimum atomic E-state index is -0.142. The number of imidazole rings is 1. The molecule has 0 bridgehead atoms. The lowest BCUT2D eigenvalue weighted by Gasteiger charge is -2.20. The second-order valence-corrected chi connectivity index (χ2v) is 8.30. The maximum atomic E-state index is 13.2. The largest absolute Gasteiger partial charge is 0.493 e. The van der Waals surface area contributed by atoms with Crippen molar-refractivity contribution in [2.45, 2.75) is 26.3 Å². The number of nitrogens with zero attached hydrogens (tertiary/aromatic N) is 4. The molecule has 2 heterocycles. The highest BCUT2D eigenvalue weighted by Crippen LogP contribution is 2.31. The number of hydrogen-bond donors (Lipinski definition) is 0. The average Bonchev–Trinajstić information content (AvgIpc) is 3.49. The van der Waals surface area contributed by atoms with Crippen molar-refractivity contribution in [2.24, 2.45) is 0 Å². The van der Waals surface area contributed by atoms with Gasteiger partial charge in [0.05, 0.1) is 23.7 Å². The van der Waals surface area contributed by atoms with Gasteiger partial charge in [0.25, 0.3) is 5.91 Å². The first kappa shape index (κ1) is 24.5. The number of halogens is 1. The average molecular weight is 487 g/mol. The molecule has 0 aliphatic heterocycles. The topological polar surface area (TPSA) is 69.5 Å². The normalized spacial score (nSPS) is 10.6. The van der Waals surface area contributed by atoms with Gasteiger partial charge in [-0.05, 0) is 42.7 Å². The fourth-order valence-corrected chi connectivity index (χ4v) is 4.48. The van der Waals surface area contributed by atoms with E-state index in [9.17, 15) is 4.79 Å². The highest BCUT2D eigenvalue weighted by molar-refractivity contribution is 7.22. The molecule has 33 heavy (non-hydrogen) atoms. The number of thiazole rings is 1. The number of fused-ring (bicyclic) bond motifs is 1. The molecule has 0 atom stereocenters. The lowest BCUT2D eigenvalue weighted by atomic mass is 10.2. The number of aryl methyl sites for hydroxylation is 2. The number of anilines is 1. The summed E-state index contributed by atoms with van der Waals surface area (Å²) in [5, 5.41) is 0.688. The van der Waals surface area contributed by atoms with Crippen LogP contribution in [0.3, 0.4) is 0 Å². The van der Waals surface area contributed by atoms with Gasteiger partial charge in [-0.25, -0.2) is 9.97 Å². The Bertz CT molecular complexity index is 1180. The third-order valence-corrected chi connectivity index (χ3v) is 6.20. The van der Waals surface area contributed by atoms with Crippen molar-refractivity contribution in [1.29, 1.82) is 0 Å². The monoisotopic (exact) mass is 486 g/mol. The Labute approximate surface area is 203 Å². The van der Waals surface area contributed by atoms with Gasteiger partial charge in [-0.3, -0.25) is 9.69 Å². The van der Waals surface area contributed by atoms with E-state index in [0.29, 0.717) is 23.2 Å². The second kappa shape index (κ2) is 11.7. The molecular weight excluding hydrogens is 460 g/mol. The van der Waals surface area contributed by atoms with Gasteiger partial charge in [0, 0.05) is 25.5 Å². The highest BCUT2D eigenvalue weighted by Gasteiger charge is 2.21. The van der Waals surface area contributed by atoms with Gasteiger partial charge in [0.2, 0.25) is 0 Å². The summed E-state index contributed by atoms with van der Waals surface area (Å²) in [6, 6.07) is 13.6. The van der Waals surface area contributed by atoms with Crippen LogP contribution in [-0.4, -0.2) is 40.7 Å². The lowest BCUT2D eigenvalue weighted by Crippen LogP contribution is -2.36. The van der Waals surface area contributed by atoms with Crippen LogP contribution in [0.15, 0.2) is 61.2 Å².